The summed E-state index contributed by atoms with van der Waals surface area (Å²) in [4.78, 5) is 25.2. The van der Waals surface area contributed by atoms with Crippen LogP contribution in [0.3, 0.4) is 0 Å². The van der Waals surface area contributed by atoms with Crippen molar-refractivity contribution in [2.45, 2.75) is 33.2 Å². The average molecular weight is 324 g/mol. The minimum Gasteiger partial charge on any atom is -0.355 e. The fourth-order valence-corrected chi connectivity index (χ4v) is 2.52. The summed E-state index contributed by atoms with van der Waals surface area (Å²) < 4.78 is 27.3. The predicted octanol–water partition coefficient (Wildman–Crippen LogP) is 2.48. The van der Waals surface area contributed by atoms with Crippen molar-refractivity contribution in [3.8, 4) is 0 Å². The zero-order valence-electron chi connectivity index (χ0n) is 13.4. The molecule has 2 rings (SSSR count). The van der Waals surface area contributed by atoms with Crippen LogP contribution in [0.25, 0.3) is 0 Å². The highest BCUT2D eigenvalue weighted by atomic mass is 19.1. The van der Waals surface area contributed by atoms with Gasteiger partial charge in [0.05, 0.1) is 6.54 Å². The van der Waals surface area contributed by atoms with E-state index in [0.29, 0.717) is 12.5 Å². The molecule has 0 heterocycles. The molecule has 1 N–H and O–H groups in total. The van der Waals surface area contributed by atoms with Gasteiger partial charge in [-0.3, -0.25) is 9.59 Å². The predicted molar refractivity (Wildman–Crippen MR) is 82.3 cm³/mol. The highest BCUT2D eigenvalue weighted by Crippen LogP contribution is 2.37. The van der Waals surface area contributed by atoms with E-state index in [1.54, 1.807) is 6.92 Å². The van der Waals surface area contributed by atoms with E-state index < -0.39 is 11.6 Å². The van der Waals surface area contributed by atoms with Crippen LogP contribution in [0.4, 0.5) is 8.78 Å². The highest BCUT2D eigenvalue weighted by molar-refractivity contribution is 5.82. The molecular formula is C17H22F2N2O2. The van der Waals surface area contributed by atoms with Crippen LogP contribution in [-0.2, 0) is 16.1 Å². The van der Waals surface area contributed by atoms with Gasteiger partial charge in [0.15, 0.2) is 0 Å². The zero-order chi connectivity index (χ0) is 17.0. The van der Waals surface area contributed by atoms with E-state index in [2.05, 4.69) is 5.32 Å². The summed E-state index contributed by atoms with van der Waals surface area (Å²) >= 11 is 0. The molecule has 126 valence electrons. The minimum atomic E-state index is -0.660. The number of carbonyl (C=O) groups is 2. The Hall–Kier alpha value is -1.98. The van der Waals surface area contributed by atoms with Crippen molar-refractivity contribution in [1.29, 1.82) is 0 Å². The van der Waals surface area contributed by atoms with E-state index in [0.717, 1.165) is 6.42 Å². The first-order valence-electron chi connectivity index (χ1n) is 7.92. The standard InChI is InChI=1S/C17H22F2N2O2/c1-3-21(10-13-14(18)5-4-6-15(13)19)16(22)7-8-20-17(23)12-9-11(12)2/h4-6,11-12H,3,7-10H2,1-2H3,(H,20,23). The van der Waals surface area contributed by atoms with E-state index in [-0.39, 0.29) is 42.8 Å². The largest absolute Gasteiger partial charge is 0.355 e. The maximum atomic E-state index is 13.7. The SMILES string of the molecule is CCN(Cc1c(F)cccc1F)C(=O)CCNC(=O)C1CC1C. The Morgan fingerprint density at radius 2 is 1.91 bits per heavy atom. The summed E-state index contributed by atoms with van der Waals surface area (Å²) in [6, 6.07) is 3.64. The van der Waals surface area contributed by atoms with Crippen LogP contribution in [0.5, 0.6) is 0 Å². The Balaban J connectivity index is 1.85. The van der Waals surface area contributed by atoms with Gasteiger partial charge in [-0.05, 0) is 31.4 Å². The number of nitrogens with one attached hydrogen (secondary N) is 1. The van der Waals surface area contributed by atoms with Crippen molar-refractivity contribution >= 4 is 11.8 Å². The van der Waals surface area contributed by atoms with E-state index in [9.17, 15) is 18.4 Å². The van der Waals surface area contributed by atoms with Gasteiger partial charge in [-0.15, -0.1) is 0 Å². The number of nitrogens with zero attached hydrogens (tertiary/aromatic N) is 1. The molecule has 0 saturated heterocycles. The third-order valence-corrected chi connectivity index (χ3v) is 4.23. The summed E-state index contributed by atoms with van der Waals surface area (Å²) in [6.45, 7) is 4.25. The molecule has 1 aliphatic rings. The lowest BCUT2D eigenvalue weighted by Crippen LogP contribution is -2.35. The van der Waals surface area contributed by atoms with Crippen LogP contribution in [0.15, 0.2) is 18.2 Å². The molecule has 2 atom stereocenters. The van der Waals surface area contributed by atoms with Crippen molar-refractivity contribution < 1.29 is 18.4 Å². The van der Waals surface area contributed by atoms with Gasteiger partial charge in [-0.2, -0.15) is 0 Å². The fraction of sp³-hybridized carbons (Fsp3) is 0.529. The maximum Gasteiger partial charge on any atom is 0.224 e. The first kappa shape index (κ1) is 17.4. The van der Waals surface area contributed by atoms with Crippen LogP contribution in [0, 0.1) is 23.5 Å². The summed E-state index contributed by atoms with van der Waals surface area (Å²) in [6.07, 6.45) is 1.02. The molecule has 1 saturated carbocycles. The average Bonchev–Trinajstić information content (AvgIpc) is 3.24. The van der Waals surface area contributed by atoms with Crippen molar-refractivity contribution in [3.05, 3.63) is 35.4 Å². The first-order chi connectivity index (χ1) is 10.9. The highest BCUT2D eigenvalue weighted by Gasteiger charge is 2.38. The zero-order valence-corrected chi connectivity index (χ0v) is 13.4. The number of benzene rings is 1. The van der Waals surface area contributed by atoms with Crippen LogP contribution in [0.2, 0.25) is 0 Å². The molecule has 0 bridgehead atoms. The van der Waals surface area contributed by atoms with Gasteiger partial charge in [0.1, 0.15) is 11.6 Å². The van der Waals surface area contributed by atoms with Crippen molar-refractivity contribution in [2.24, 2.45) is 11.8 Å². The van der Waals surface area contributed by atoms with Crippen LogP contribution < -0.4 is 5.32 Å². The van der Waals surface area contributed by atoms with Gasteiger partial charge in [0.2, 0.25) is 11.8 Å². The lowest BCUT2D eigenvalue weighted by atomic mass is 10.1. The first-order valence-corrected chi connectivity index (χ1v) is 7.92. The third kappa shape index (κ3) is 4.50. The van der Waals surface area contributed by atoms with Crippen LogP contribution in [0.1, 0.15) is 32.3 Å². The van der Waals surface area contributed by atoms with E-state index in [1.165, 1.54) is 23.1 Å². The van der Waals surface area contributed by atoms with Crippen LogP contribution >= 0.6 is 0 Å². The molecule has 2 amide bonds. The van der Waals surface area contributed by atoms with Gasteiger partial charge in [-0.1, -0.05) is 13.0 Å². The van der Waals surface area contributed by atoms with Gasteiger partial charge in [0.25, 0.3) is 0 Å². The minimum absolute atomic E-state index is 0.0199. The van der Waals surface area contributed by atoms with E-state index >= 15 is 0 Å². The molecular weight excluding hydrogens is 302 g/mol. The number of hydrogen-bond donors (Lipinski definition) is 1. The number of halogens is 2. The van der Waals surface area contributed by atoms with Gasteiger partial charge in [-0.25, -0.2) is 8.78 Å². The number of carbonyl (C=O) groups excluding carboxylic acids is 2. The van der Waals surface area contributed by atoms with Crippen molar-refractivity contribution in [2.75, 3.05) is 13.1 Å². The van der Waals surface area contributed by atoms with E-state index in [4.69, 9.17) is 0 Å². The summed E-state index contributed by atoms with van der Waals surface area (Å²) in [5.41, 5.74) is -0.112. The van der Waals surface area contributed by atoms with Crippen LogP contribution in [-0.4, -0.2) is 29.8 Å². The van der Waals surface area contributed by atoms with Gasteiger partial charge >= 0.3 is 0 Å². The van der Waals surface area contributed by atoms with Gasteiger partial charge in [0, 0.05) is 31.0 Å². The lowest BCUT2D eigenvalue weighted by molar-refractivity contribution is -0.131. The summed E-state index contributed by atoms with van der Waals surface area (Å²) in [7, 11) is 0. The third-order valence-electron chi connectivity index (χ3n) is 4.23. The summed E-state index contributed by atoms with van der Waals surface area (Å²) in [5.74, 6) is -1.09. The fourth-order valence-electron chi connectivity index (χ4n) is 2.52. The molecule has 1 aliphatic carbocycles. The van der Waals surface area contributed by atoms with Gasteiger partial charge < -0.3 is 10.2 Å². The normalized spacial score (nSPS) is 19.3. The molecule has 1 aromatic carbocycles. The second kappa shape index (κ2) is 7.53. The Kier molecular flexibility index (Phi) is 5.69. The van der Waals surface area contributed by atoms with E-state index in [1.807, 2.05) is 6.92 Å². The second-order valence-corrected chi connectivity index (χ2v) is 5.97. The molecule has 0 spiro atoms. The van der Waals surface area contributed by atoms with Crippen molar-refractivity contribution in [1.82, 2.24) is 10.2 Å². The molecule has 2 unspecified atom stereocenters. The quantitative estimate of drug-likeness (QED) is 0.838. The maximum absolute atomic E-state index is 13.7. The molecule has 6 heteroatoms. The molecule has 23 heavy (non-hydrogen) atoms. The molecule has 1 fully saturated rings. The molecule has 1 aromatic rings. The Labute approximate surface area is 134 Å². The molecule has 0 aromatic heterocycles. The number of rotatable bonds is 7. The lowest BCUT2D eigenvalue weighted by Gasteiger charge is -2.21. The number of hydrogen-bond acceptors (Lipinski definition) is 2. The Bertz CT molecular complexity index is 572. The summed E-state index contributed by atoms with van der Waals surface area (Å²) in [5, 5.41) is 2.74. The number of amides is 2. The monoisotopic (exact) mass is 324 g/mol. The second-order valence-electron chi connectivity index (χ2n) is 5.97. The van der Waals surface area contributed by atoms with Crippen molar-refractivity contribution in [3.63, 3.8) is 0 Å². The molecule has 4 nitrogen and oxygen atoms in total. The Morgan fingerprint density at radius 1 is 1.30 bits per heavy atom. The Morgan fingerprint density at radius 3 is 2.43 bits per heavy atom. The smallest absolute Gasteiger partial charge is 0.224 e. The molecule has 0 aliphatic heterocycles. The molecule has 0 radical (unpaired) electrons. The topological polar surface area (TPSA) is 49.4 Å².